The smallest absolute Gasteiger partial charge is 0.238 e. The monoisotopic (exact) mass is 341 g/mol. The Morgan fingerprint density at radius 2 is 2.17 bits per heavy atom. The molecule has 0 unspecified atom stereocenters. The third-order valence-electron chi connectivity index (χ3n) is 4.44. The lowest BCUT2D eigenvalue weighted by Crippen LogP contribution is -2.42. The fraction of sp³-hybridized carbons (Fsp3) is 0.733. The van der Waals surface area contributed by atoms with Crippen LogP contribution >= 0.6 is 0 Å². The lowest BCUT2D eigenvalue weighted by molar-refractivity contribution is -0.130. The first-order valence-electron chi connectivity index (χ1n) is 7.86. The van der Waals surface area contributed by atoms with Crippen LogP contribution in [0.2, 0.25) is 0 Å². The summed E-state index contributed by atoms with van der Waals surface area (Å²) in [6.45, 7) is 2.27. The van der Waals surface area contributed by atoms with Gasteiger partial charge in [-0.15, -0.1) is 0 Å². The van der Waals surface area contributed by atoms with E-state index in [1.165, 1.54) is 12.8 Å². The van der Waals surface area contributed by atoms with E-state index in [2.05, 4.69) is 5.10 Å². The van der Waals surface area contributed by atoms with Crippen LogP contribution in [0, 0.1) is 5.92 Å². The molecule has 0 bridgehead atoms. The van der Waals surface area contributed by atoms with E-state index >= 15 is 0 Å². The number of ether oxygens (including phenoxy) is 1. The molecule has 1 fully saturated rings. The summed E-state index contributed by atoms with van der Waals surface area (Å²) >= 11 is 0. The van der Waals surface area contributed by atoms with E-state index < -0.39 is 15.6 Å². The van der Waals surface area contributed by atoms with Gasteiger partial charge in [0.25, 0.3) is 0 Å². The van der Waals surface area contributed by atoms with Crippen molar-refractivity contribution < 1.29 is 17.9 Å². The molecule has 1 aliphatic heterocycles. The maximum atomic E-state index is 12.3. The summed E-state index contributed by atoms with van der Waals surface area (Å²) in [7, 11) is -1.70. The Morgan fingerprint density at radius 3 is 2.78 bits per heavy atom. The van der Waals surface area contributed by atoms with Crippen molar-refractivity contribution in [3.63, 3.8) is 0 Å². The summed E-state index contributed by atoms with van der Waals surface area (Å²) in [5.74, 6) is -0.0701. The second-order valence-electron chi connectivity index (χ2n) is 6.67. The van der Waals surface area contributed by atoms with Gasteiger partial charge in [-0.2, -0.15) is 5.10 Å². The highest BCUT2D eigenvalue weighted by atomic mass is 32.2. The zero-order valence-corrected chi connectivity index (χ0v) is 14.4. The normalized spacial score (nSPS) is 21.3. The van der Waals surface area contributed by atoms with E-state index in [0.717, 1.165) is 24.1 Å². The van der Waals surface area contributed by atoms with Gasteiger partial charge in [0.15, 0.2) is 9.84 Å². The number of rotatable bonds is 6. The number of fused-ring (bicyclic) bond motifs is 1. The fourth-order valence-electron chi connectivity index (χ4n) is 3.10. The van der Waals surface area contributed by atoms with E-state index in [9.17, 15) is 13.2 Å². The number of aromatic nitrogens is 2. The highest BCUT2D eigenvalue weighted by Gasteiger charge is 2.33. The molecule has 1 saturated carbocycles. The topological polar surface area (TPSA) is 81.5 Å². The van der Waals surface area contributed by atoms with E-state index in [0.29, 0.717) is 25.6 Å². The quantitative estimate of drug-likeness (QED) is 0.748. The van der Waals surface area contributed by atoms with Gasteiger partial charge in [-0.05, 0) is 18.8 Å². The zero-order chi connectivity index (χ0) is 16.6. The molecule has 2 heterocycles. The van der Waals surface area contributed by atoms with Crippen molar-refractivity contribution in [2.24, 2.45) is 5.92 Å². The molecule has 1 amide bonds. The van der Waals surface area contributed by atoms with Crippen LogP contribution in [0.15, 0.2) is 6.20 Å². The van der Waals surface area contributed by atoms with Gasteiger partial charge in [0, 0.05) is 37.9 Å². The van der Waals surface area contributed by atoms with Crippen molar-refractivity contribution >= 4 is 15.7 Å². The number of sulfone groups is 1. The molecular weight excluding hydrogens is 318 g/mol. The largest absolute Gasteiger partial charge is 0.384 e. The molecule has 0 N–H and O–H groups in total. The first-order valence-corrected chi connectivity index (χ1v) is 9.92. The van der Waals surface area contributed by atoms with Crippen molar-refractivity contribution in [3.8, 4) is 0 Å². The molecule has 0 saturated heterocycles. The van der Waals surface area contributed by atoms with E-state index in [-0.39, 0.29) is 11.8 Å². The molecule has 0 spiro atoms. The molecule has 0 aromatic carbocycles. The third-order valence-corrected chi connectivity index (χ3v) is 5.21. The molecule has 23 heavy (non-hydrogen) atoms. The standard InChI is InChI=1S/C15H23N3O4S/c1-22-9-12-7-17(15(19)10-23(2,20)21)8-14-13(12)5-16-18(14)6-11-3-4-11/h5,11-12H,3-4,6-10H2,1-2H3/t12-/m1/s1. The molecule has 1 atom stereocenters. The highest BCUT2D eigenvalue weighted by molar-refractivity contribution is 7.91. The molecule has 0 radical (unpaired) electrons. The molecule has 7 nitrogen and oxygen atoms in total. The summed E-state index contributed by atoms with van der Waals surface area (Å²) in [5, 5.41) is 4.48. The Hall–Kier alpha value is -1.41. The molecular formula is C15H23N3O4S. The fourth-order valence-corrected chi connectivity index (χ4v) is 3.73. The van der Waals surface area contributed by atoms with E-state index in [1.807, 2.05) is 10.9 Å². The van der Waals surface area contributed by atoms with Crippen LogP contribution in [0.4, 0.5) is 0 Å². The number of nitrogens with zero attached hydrogens (tertiary/aromatic N) is 3. The average molecular weight is 341 g/mol. The van der Waals surface area contributed by atoms with Crippen molar-refractivity contribution in [1.82, 2.24) is 14.7 Å². The maximum absolute atomic E-state index is 12.3. The SMILES string of the molecule is COC[C@H]1CN(C(=O)CS(C)(=O)=O)Cc2c1cnn2CC1CC1. The van der Waals surface area contributed by atoms with Crippen molar-refractivity contribution in [2.45, 2.75) is 31.8 Å². The Balaban J connectivity index is 1.83. The van der Waals surface area contributed by atoms with Crippen LogP contribution in [0.1, 0.15) is 30.0 Å². The first kappa shape index (κ1) is 16.4. The summed E-state index contributed by atoms with van der Waals surface area (Å²) in [4.78, 5) is 13.9. The van der Waals surface area contributed by atoms with Crippen LogP contribution < -0.4 is 0 Å². The number of hydrogen-bond acceptors (Lipinski definition) is 5. The van der Waals surface area contributed by atoms with Crippen LogP contribution in [0.25, 0.3) is 0 Å². The zero-order valence-electron chi connectivity index (χ0n) is 13.6. The van der Waals surface area contributed by atoms with Crippen LogP contribution in [-0.4, -0.2) is 61.3 Å². The lowest BCUT2D eigenvalue weighted by atomic mass is 9.95. The number of hydrogen-bond donors (Lipinski definition) is 0. The Labute approximate surface area is 136 Å². The van der Waals surface area contributed by atoms with E-state index in [1.54, 1.807) is 12.0 Å². The van der Waals surface area contributed by atoms with Gasteiger partial charge in [-0.3, -0.25) is 9.48 Å². The molecule has 1 aromatic heterocycles. The van der Waals surface area contributed by atoms with Crippen molar-refractivity contribution in [3.05, 3.63) is 17.5 Å². The van der Waals surface area contributed by atoms with E-state index in [4.69, 9.17) is 4.74 Å². The third kappa shape index (κ3) is 3.92. The number of amides is 1. The van der Waals surface area contributed by atoms with Gasteiger partial charge in [-0.25, -0.2) is 8.42 Å². The first-order chi connectivity index (χ1) is 10.9. The van der Waals surface area contributed by atoms with Gasteiger partial charge in [0.2, 0.25) is 5.91 Å². The maximum Gasteiger partial charge on any atom is 0.238 e. The average Bonchev–Trinajstić information content (AvgIpc) is 3.17. The summed E-state index contributed by atoms with van der Waals surface area (Å²) in [5.41, 5.74) is 2.14. The molecule has 1 aliphatic carbocycles. The minimum Gasteiger partial charge on any atom is -0.384 e. The summed E-state index contributed by atoms with van der Waals surface area (Å²) < 4.78 is 30.1. The lowest BCUT2D eigenvalue weighted by Gasteiger charge is -2.33. The van der Waals surface area contributed by atoms with Gasteiger partial charge in [0.05, 0.1) is 25.0 Å². The molecule has 8 heteroatoms. The van der Waals surface area contributed by atoms with Crippen molar-refractivity contribution in [2.75, 3.05) is 32.3 Å². The minimum atomic E-state index is -3.33. The second-order valence-corrected chi connectivity index (χ2v) is 8.81. The van der Waals surface area contributed by atoms with Gasteiger partial charge >= 0.3 is 0 Å². The Morgan fingerprint density at radius 1 is 1.43 bits per heavy atom. The minimum absolute atomic E-state index is 0.0419. The van der Waals surface area contributed by atoms with Crippen molar-refractivity contribution in [1.29, 1.82) is 0 Å². The Kier molecular flexibility index (Phi) is 4.46. The Bertz CT molecular complexity index is 694. The van der Waals surface area contributed by atoms with Gasteiger partial charge in [-0.1, -0.05) is 0 Å². The predicted octanol–water partition coefficient (Wildman–Crippen LogP) is 0.410. The number of carbonyl (C=O) groups excluding carboxylic acids is 1. The van der Waals surface area contributed by atoms with Gasteiger partial charge in [0.1, 0.15) is 5.75 Å². The second kappa shape index (κ2) is 6.24. The van der Waals surface area contributed by atoms with Gasteiger partial charge < -0.3 is 9.64 Å². The summed E-state index contributed by atoms with van der Waals surface area (Å²) in [6, 6.07) is 0. The van der Waals surface area contributed by atoms with Crippen LogP contribution in [0.5, 0.6) is 0 Å². The van der Waals surface area contributed by atoms with Crippen LogP contribution in [-0.2, 0) is 32.5 Å². The predicted molar refractivity (Wildman–Crippen MR) is 84.7 cm³/mol. The highest BCUT2D eigenvalue weighted by Crippen LogP contribution is 2.34. The van der Waals surface area contributed by atoms with Crippen LogP contribution in [0.3, 0.4) is 0 Å². The molecule has 1 aromatic rings. The number of methoxy groups -OCH3 is 1. The molecule has 3 rings (SSSR count). The number of carbonyl (C=O) groups is 1. The summed E-state index contributed by atoms with van der Waals surface area (Å²) in [6.07, 6.45) is 5.42. The molecule has 2 aliphatic rings. The molecule has 128 valence electrons.